The second-order valence-corrected chi connectivity index (χ2v) is 5.21. The lowest BCUT2D eigenvalue weighted by Crippen LogP contribution is -2.24. The van der Waals surface area contributed by atoms with Gasteiger partial charge in [0, 0.05) is 6.54 Å². The summed E-state index contributed by atoms with van der Waals surface area (Å²) >= 11 is -2.13. The number of benzene rings is 2. The molecule has 2 aromatic rings. The monoisotopic (exact) mass is 292 g/mol. The topological polar surface area (TPSA) is 86.8 Å². The van der Waals surface area contributed by atoms with Crippen molar-refractivity contribution in [1.82, 2.24) is 0 Å². The van der Waals surface area contributed by atoms with Crippen LogP contribution in [-0.4, -0.2) is 13.9 Å². The van der Waals surface area contributed by atoms with E-state index in [1.54, 1.807) is 36.4 Å². The number of nitrogens with zero attached hydrogens (tertiary/aromatic N) is 1. The van der Waals surface area contributed by atoms with Crippen molar-refractivity contribution in [1.29, 1.82) is 0 Å². The van der Waals surface area contributed by atoms with Gasteiger partial charge in [0.1, 0.15) is 5.75 Å². The summed E-state index contributed by atoms with van der Waals surface area (Å²) in [6, 6.07) is 13.7. The van der Waals surface area contributed by atoms with E-state index in [4.69, 9.17) is 5.73 Å². The molecular formula is C14H16N2O3S. The van der Waals surface area contributed by atoms with Gasteiger partial charge >= 0.3 is 0 Å². The fourth-order valence-corrected chi connectivity index (χ4v) is 2.36. The normalized spacial score (nSPS) is 12.1. The molecule has 0 fully saturated rings. The molecule has 1 unspecified atom stereocenters. The van der Waals surface area contributed by atoms with Crippen molar-refractivity contribution in [2.45, 2.75) is 13.1 Å². The van der Waals surface area contributed by atoms with Gasteiger partial charge < -0.3 is 10.8 Å². The molecular weight excluding hydrogens is 276 g/mol. The molecule has 0 amide bonds. The predicted octanol–water partition coefficient (Wildman–Crippen LogP) is 1.99. The minimum Gasteiger partial charge on any atom is -0.508 e. The van der Waals surface area contributed by atoms with Crippen LogP contribution in [0, 0.1) is 0 Å². The third-order valence-electron chi connectivity index (χ3n) is 2.91. The van der Waals surface area contributed by atoms with Crippen molar-refractivity contribution in [2.24, 2.45) is 5.73 Å². The Morgan fingerprint density at radius 1 is 1.00 bits per heavy atom. The summed E-state index contributed by atoms with van der Waals surface area (Å²) in [4.78, 5) is 0. The average molecular weight is 292 g/mol. The molecule has 0 heterocycles. The Morgan fingerprint density at radius 2 is 1.55 bits per heavy atom. The van der Waals surface area contributed by atoms with Crippen LogP contribution in [-0.2, 0) is 24.4 Å². The summed E-state index contributed by atoms with van der Waals surface area (Å²) in [5.41, 5.74) is 7.95. The highest BCUT2D eigenvalue weighted by atomic mass is 32.2. The summed E-state index contributed by atoms with van der Waals surface area (Å²) < 4.78 is 22.3. The number of phenolic OH excluding ortho intramolecular Hbond substituents is 1. The van der Waals surface area contributed by atoms with Gasteiger partial charge in [-0.3, -0.25) is 8.86 Å². The minimum absolute atomic E-state index is 0.165. The lowest BCUT2D eigenvalue weighted by atomic mass is 10.2. The molecule has 5 nitrogen and oxygen atoms in total. The van der Waals surface area contributed by atoms with Gasteiger partial charge in [-0.1, -0.05) is 24.3 Å². The highest BCUT2D eigenvalue weighted by molar-refractivity contribution is 7.80. The van der Waals surface area contributed by atoms with Crippen LogP contribution < -0.4 is 10.0 Å². The SMILES string of the molecule is NCc1ccc(N(Cc2ccc(O)cc2)S(=O)O)cc1. The fraction of sp³-hybridized carbons (Fsp3) is 0.143. The Morgan fingerprint density at radius 3 is 2.05 bits per heavy atom. The molecule has 0 saturated heterocycles. The van der Waals surface area contributed by atoms with Gasteiger partial charge in [-0.25, -0.2) is 4.21 Å². The van der Waals surface area contributed by atoms with Gasteiger partial charge in [-0.05, 0) is 35.4 Å². The zero-order valence-corrected chi connectivity index (χ0v) is 11.6. The molecule has 1 atom stereocenters. The van der Waals surface area contributed by atoms with Gasteiger partial charge in [0.25, 0.3) is 11.3 Å². The van der Waals surface area contributed by atoms with E-state index in [0.717, 1.165) is 11.1 Å². The second kappa shape index (κ2) is 6.51. The van der Waals surface area contributed by atoms with E-state index < -0.39 is 11.3 Å². The molecule has 0 saturated carbocycles. The zero-order valence-electron chi connectivity index (χ0n) is 10.8. The van der Waals surface area contributed by atoms with Gasteiger partial charge in [-0.2, -0.15) is 0 Å². The second-order valence-electron chi connectivity index (χ2n) is 4.30. The van der Waals surface area contributed by atoms with E-state index in [2.05, 4.69) is 0 Å². The van der Waals surface area contributed by atoms with Crippen molar-refractivity contribution in [3.05, 3.63) is 59.7 Å². The number of anilines is 1. The zero-order chi connectivity index (χ0) is 14.5. The van der Waals surface area contributed by atoms with Gasteiger partial charge in [0.2, 0.25) is 0 Å². The van der Waals surface area contributed by atoms with Crippen LogP contribution in [0.15, 0.2) is 48.5 Å². The molecule has 0 aliphatic heterocycles. The number of aromatic hydroxyl groups is 1. The van der Waals surface area contributed by atoms with Gasteiger partial charge in [0.05, 0.1) is 12.2 Å². The van der Waals surface area contributed by atoms with E-state index in [0.29, 0.717) is 12.2 Å². The summed E-state index contributed by atoms with van der Waals surface area (Å²) in [6.45, 7) is 0.700. The maximum Gasteiger partial charge on any atom is 0.262 e. The van der Waals surface area contributed by atoms with E-state index in [1.165, 1.54) is 4.31 Å². The van der Waals surface area contributed by atoms with E-state index >= 15 is 0 Å². The maximum atomic E-state index is 11.5. The van der Waals surface area contributed by atoms with Crippen LogP contribution in [0.25, 0.3) is 0 Å². The minimum atomic E-state index is -2.13. The number of nitrogens with two attached hydrogens (primary N) is 1. The Hall–Kier alpha value is -1.89. The maximum absolute atomic E-state index is 11.5. The van der Waals surface area contributed by atoms with Crippen molar-refractivity contribution in [3.8, 4) is 5.75 Å². The molecule has 0 aliphatic rings. The largest absolute Gasteiger partial charge is 0.508 e. The van der Waals surface area contributed by atoms with Crippen LogP contribution in [0.2, 0.25) is 0 Å². The third-order valence-corrected chi connectivity index (χ3v) is 3.63. The molecule has 0 aliphatic carbocycles. The smallest absolute Gasteiger partial charge is 0.262 e. The van der Waals surface area contributed by atoms with Crippen molar-refractivity contribution >= 4 is 17.0 Å². The molecule has 4 N–H and O–H groups in total. The fourth-order valence-electron chi connectivity index (χ4n) is 1.80. The Balaban J connectivity index is 2.22. The van der Waals surface area contributed by atoms with Gasteiger partial charge in [-0.15, -0.1) is 0 Å². The molecule has 6 heteroatoms. The first kappa shape index (κ1) is 14.5. The van der Waals surface area contributed by atoms with Gasteiger partial charge in [0.15, 0.2) is 0 Å². The first-order chi connectivity index (χ1) is 9.60. The summed E-state index contributed by atoms with van der Waals surface area (Å²) in [5.74, 6) is 0.165. The average Bonchev–Trinajstić information content (AvgIpc) is 2.46. The molecule has 2 aromatic carbocycles. The van der Waals surface area contributed by atoms with Crippen LogP contribution in [0.4, 0.5) is 5.69 Å². The van der Waals surface area contributed by atoms with E-state index in [1.807, 2.05) is 12.1 Å². The van der Waals surface area contributed by atoms with Crippen LogP contribution in [0.5, 0.6) is 5.75 Å². The van der Waals surface area contributed by atoms with Crippen molar-refractivity contribution in [2.75, 3.05) is 4.31 Å². The van der Waals surface area contributed by atoms with Crippen LogP contribution >= 0.6 is 0 Å². The molecule has 0 aromatic heterocycles. The first-order valence-electron chi connectivity index (χ1n) is 6.05. The first-order valence-corrected chi connectivity index (χ1v) is 7.12. The quantitative estimate of drug-likeness (QED) is 0.736. The highest BCUT2D eigenvalue weighted by Crippen LogP contribution is 2.20. The summed E-state index contributed by atoms with van der Waals surface area (Å²) in [5, 5.41) is 9.24. The highest BCUT2D eigenvalue weighted by Gasteiger charge is 2.13. The standard InChI is InChI=1S/C14H16N2O3S/c15-9-11-1-5-13(6-2-11)16(20(18)19)10-12-3-7-14(17)8-4-12/h1-8,17H,9-10,15H2,(H,18,19). The van der Waals surface area contributed by atoms with E-state index in [-0.39, 0.29) is 12.3 Å². The Bertz CT molecular complexity index is 584. The Kier molecular flexibility index (Phi) is 4.73. The lowest BCUT2D eigenvalue weighted by Gasteiger charge is -2.20. The third kappa shape index (κ3) is 3.57. The molecule has 20 heavy (non-hydrogen) atoms. The number of hydrogen-bond acceptors (Lipinski definition) is 3. The van der Waals surface area contributed by atoms with Crippen molar-refractivity contribution < 1.29 is 13.9 Å². The molecule has 0 radical (unpaired) electrons. The predicted molar refractivity (Wildman–Crippen MR) is 79.4 cm³/mol. The van der Waals surface area contributed by atoms with Crippen LogP contribution in [0.1, 0.15) is 11.1 Å². The van der Waals surface area contributed by atoms with E-state index in [9.17, 15) is 13.9 Å². The molecule has 2 rings (SSSR count). The Labute approximate surface area is 120 Å². The number of hydrogen-bond donors (Lipinski definition) is 3. The number of rotatable bonds is 5. The molecule has 0 spiro atoms. The molecule has 106 valence electrons. The number of phenols is 1. The lowest BCUT2D eigenvalue weighted by molar-refractivity contribution is 0.475. The van der Waals surface area contributed by atoms with Crippen LogP contribution in [0.3, 0.4) is 0 Å². The summed E-state index contributed by atoms with van der Waals surface area (Å²) in [6.07, 6.45) is 0. The van der Waals surface area contributed by atoms with Crippen molar-refractivity contribution in [3.63, 3.8) is 0 Å². The molecule has 0 bridgehead atoms. The summed E-state index contributed by atoms with van der Waals surface area (Å²) in [7, 11) is 0.